The first kappa shape index (κ1) is 11.0. The second-order valence-electron chi connectivity index (χ2n) is 3.29. The Kier molecular flexibility index (Phi) is 3.17. The van der Waals surface area contributed by atoms with Crippen molar-refractivity contribution in [3.8, 4) is 11.3 Å². The molecular formula is C11H10BrN3O. The number of aromatic amines is 1. The Bertz CT molecular complexity index is 565. The van der Waals surface area contributed by atoms with Crippen molar-refractivity contribution in [2.24, 2.45) is 5.73 Å². The normalized spacial score (nSPS) is 10.4. The van der Waals surface area contributed by atoms with E-state index in [0.717, 1.165) is 10.0 Å². The fourth-order valence-electron chi connectivity index (χ4n) is 1.40. The molecule has 0 fully saturated rings. The van der Waals surface area contributed by atoms with Gasteiger partial charge in [-0.15, -0.1) is 0 Å². The molecule has 0 bridgehead atoms. The molecule has 2 rings (SSSR count). The molecule has 0 unspecified atom stereocenters. The molecule has 2 aromatic rings. The highest BCUT2D eigenvalue weighted by atomic mass is 79.9. The number of nitrogens with two attached hydrogens (primary N) is 1. The zero-order valence-electron chi connectivity index (χ0n) is 8.40. The Labute approximate surface area is 101 Å². The van der Waals surface area contributed by atoms with Crippen LogP contribution in [-0.4, -0.2) is 9.97 Å². The average Bonchev–Trinajstić information content (AvgIpc) is 2.28. The SMILES string of the molecule is NCc1nc(-c2cccc(Br)c2)cc(=O)[nH]1. The summed E-state index contributed by atoms with van der Waals surface area (Å²) in [5.74, 6) is 0.488. The zero-order valence-corrected chi connectivity index (χ0v) is 9.99. The molecule has 0 atom stereocenters. The number of rotatable bonds is 2. The van der Waals surface area contributed by atoms with Gasteiger partial charge in [0.1, 0.15) is 5.82 Å². The van der Waals surface area contributed by atoms with Crippen molar-refractivity contribution in [1.82, 2.24) is 9.97 Å². The Hall–Kier alpha value is -1.46. The quantitative estimate of drug-likeness (QED) is 0.878. The van der Waals surface area contributed by atoms with Crippen LogP contribution >= 0.6 is 15.9 Å². The number of nitrogens with one attached hydrogen (secondary N) is 1. The lowest BCUT2D eigenvalue weighted by atomic mass is 10.1. The molecule has 0 amide bonds. The van der Waals surface area contributed by atoms with Crippen LogP contribution in [0.4, 0.5) is 0 Å². The van der Waals surface area contributed by atoms with Crippen molar-refractivity contribution < 1.29 is 0 Å². The number of benzene rings is 1. The topological polar surface area (TPSA) is 71.8 Å². The van der Waals surface area contributed by atoms with E-state index in [9.17, 15) is 4.79 Å². The highest BCUT2D eigenvalue weighted by Crippen LogP contribution is 2.19. The summed E-state index contributed by atoms with van der Waals surface area (Å²) in [7, 11) is 0. The zero-order chi connectivity index (χ0) is 11.5. The fraction of sp³-hybridized carbons (Fsp3) is 0.0909. The summed E-state index contributed by atoms with van der Waals surface area (Å²) in [5, 5.41) is 0. The first-order valence-electron chi connectivity index (χ1n) is 4.75. The molecule has 3 N–H and O–H groups in total. The van der Waals surface area contributed by atoms with Crippen LogP contribution in [0.1, 0.15) is 5.82 Å². The smallest absolute Gasteiger partial charge is 0.251 e. The van der Waals surface area contributed by atoms with E-state index in [1.165, 1.54) is 6.07 Å². The summed E-state index contributed by atoms with van der Waals surface area (Å²) in [4.78, 5) is 18.2. The Morgan fingerprint density at radius 2 is 2.19 bits per heavy atom. The Morgan fingerprint density at radius 1 is 1.38 bits per heavy atom. The third-order valence-electron chi connectivity index (χ3n) is 2.10. The second-order valence-corrected chi connectivity index (χ2v) is 4.21. The van der Waals surface area contributed by atoms with Gasteiger partial charge in [-0.3, -0.25) is 4.79 Å². The van der Waals surface area contributed by atoms with Gasteiger partial charge >= 0.3 is 0 Å². The summed E-state index contributed by atoms with van der Waals surface area (Å²) in [6.45, 7) is 0.219. The highest BCUT2D eigenvalue weighted by molar-refractivity contribution is 9.10. The number of hydrogen-bond acceptors (Lipinski definition) is 3. The fourth-order valence-corrected chi connectivity index (χ4v) is 1.80. The van der Waals surface area contributed by atoms with Gasteiger partial charge in [-0.05, 0) is 12.1 Å². The van der Waals surface area contributed by atoms with E-state index in [1.54, 1.807) is 0 Å². The lowest BCUT2D eigenvalue weighted by Gasteiger charge is -2.03. The summed E-state index contributed by atoms with van der Waals surface area (Å²) in [6.07, 6.45) is 0. The first-order chi connectivity index (χ1) is 7.69. The van der Waals surface area contributed by atoms with Crippen LogP contribution in [0, 0.1) is 0 Å². The van der Waals surface area contributed by atoms with Crippen LogP contribution in [-0.2, 0) is 6.54 Å². The molecule has 0 aliphatic carbocycles. The lowest BCUT2D eigenvalue weighted by Crippen LogP contribution is -2.13. The minimum absolute atomic E-state index is 0.189. The molecule has 0 aliphatic rings. The standard InChI is InChI=1S/C11H10BrN3O/c12-8-3-1-2-7(4-8)9-5-11(16)15-10(6-13)14-9/h1-5H,6,13H2,(H,14,15,16). The second kappa shape index (κ2) is 4.59. The molecular weight excluding hydrogens is 270 g/mol. The number of hydrogen-bond donors (Lipinski definition) is 2. The molecule has 0 aliphatic heterocycles. The minimum Gasteiger partial charge on any atom is -0.324 e. The van der Waals surface area contributed by atoms with Crippen molar-refractivity contribution in [1.29, 1.82) is 0 Å². The highest BCUT2D eigenvalue weighted by Gasteiger charge is 2.03. The van der Waals surface area contributed by atoms with Crippen LogP contribution in [0.2, 0.25) is 0 Å². The maximum atomic E-state index is 11.4. The van der Waals surface area contributed by atoms with Crippen LogP contribution in [0.15, 0.2) is 39.6 Å². The Balaban J connectivity index is 2.55. The molecule has 5 heteroatoms. The molecule has 0 saturated carbocycles. The predicted molar refractivity (Wildman–Crippen MR) is 65.9 cm³/mol. The third-order valence-corrected chi connectivity index (χ3v) is 2.60. The molecule has 1 aromatic carbocycles. The number of H-pyrrole nitrogens is 1. The molecule has 0 radical (unpaired) electrons. The van der Waals surface area contributed by atoms with E-state index in [2.05, 4.69) is 25.9 Å². The molecule has 1 aromatic heterocycles. The van der Waals surface area contributed by atoms with Gasteiger partial charge in [0.05, 0.1) is 12.2 Å². The average molecular weight is 280 g/mol. The predicted octanol–water partition coefficient (Wildman–Crippen LogP) is 1.66. The largest absolute Gasteiger partial charge is 0.324 e. The van der Waals surface area contributed by atoms with Gasteiger partial charge in [0.25, 0.3) is 5.56 Å². The van der Waals surface area contributed by atoms with Crippen molar-refractivity contribution in [2.45, 2.75) is 6.54 Å². The van der Waals surface area contributed by atoms with Crippen molar-refractivity contribution in [3.63, 3.8) is 0 Å². The monoisotopic (exact) mass is 279 g/mol. The van der Waals surface area contributed by atoms with E-state index < -0.39 is 0 Å². The Morgan fingerprint density at radius 3 is 2.88 bits per heavy atom. The van der Waals surface area contributed by atoms with E-state index in [0.29, 0.717) is 11.5 Å². The summed E-state index contributed by atoms with van der Waals surface area (Å²) >= 11 is 3.38. The molecule has 0 spiro atoms. The van der Waals surface area contributed by atoms with Crippen LogP contribution in [0.5, 0.6) is 0 Å². The number of aromatic nitrogens is 2. The minimum atomic E-state index is -0.189. The summed E-state index contributed by atoms with van der Waals surface area (Å²) < 4.78 is 0.946. The van der Waals surface area contributed by atoms with Crippen molar-refractivity contribution in [3.05, 3.63) is 51.0 Å². The molecule has 4 nitrogen and oxygen atoms in total. The van der Waals surface area contributed by atoms with Crippen LogP contribution in [0.25, 0.3) is 11.3 Å². The van der Waals surface area contributed by atoms with Gasteiger partial charge in [-0.1, -0.05) is 28.1 Å². The van der Waals surface area contributed by atoms with Gasteiger partial charge in [0.2, 0.25) is 0 Å². The molecule has 0 saturated heterocycles. The van der Waals surface area contributed by atoms with Gasteiger partial charge in [0.15, 0.2) is 0 Å². The maximum Gasteiger partial charge on any atom is 0.251 e. The third kappa shape index (κ3) is 2.37. The molecule has 16 heavy (non-hydrogen) atoms. The van der Waals surface area contributed by atoms with Crippen LogP contribution in [0.3, 0.4) is 0 Å². The van der Waals surface area contributed by atoms with E-state index >= 15 is 0 Å². The number of halogens is 1. The molecule has 1 heterocycles. The van der Waals surface area contributed by atoms with Crippen LogP contribution < -0.4 is 11.3 Å². The maximum absolute atomic E-state index is 11.4. The molecule has 82 valence electrons. The van der Waals surface area contributed by atoms with E-state index in [1.807, 2.05) is 24.3 Å². The van der Waals surface area contributed by atoms with Crippen molar-refractivity contribution >= 4 is 15.9 Å². The van der Waals surface area contributed by atoms with Gasteiger partial charge < -0.3 is 10.7 Å². The van der Waals surface area contributed by atoms with Gasteiger partial charge in [0, 0.05) is 16.1 Å². The van der Waals surface area contributed by atoms with E-state index in [-0.39, 0.29) is 12.1 Å². The first-order valence-corrected chi connectivity index (χ1v) is 5.54. The number of nitrogens with zero attached hydrogens (tertiary/aromatic N) is 1. The summed E-state index contributed by atoms with van der Waals surface area (Å²) in [5.41, 5.74) is 6.78. The lowest BCUT2D eigenvalue weighted by molar-refractivity contribution is 0.896. The van der Waals surface area contributed by atoms with Gasteiger partial charge in [-0.25, -0.2) is 4.98 Å². The van der Waals surface area contributed by atoms with E-state index in [4.69, 9.17) is 5.73 Å². The van der Waals surface area contributed by atoms with Gasteiger partial charge in [-0.2, -0.15) is 0 Å². The summed E-state index contributed by atoms with van der Waals surface area (Å²) in [6, 6.07) is 9.07. The van der Waals surface area contributed by atoms with Crippen molar-refractivity contribution in [2.75, 3.05) is 0 Å².